The second kappa shape index (κ2) is 9.78. The molecule has 1 aromatic heterocycles. The molecule has 166 valence electrons. The van der Waals surface area contributed by atoms with E-state index in [1.54, 1.807) is 18.2 Å². The lowest BCUT2D eigenvalue weighted by atomic mass is 10.2. The summed E-state index contributed by atoms with van der Waals surface area (Å²) in [6, 6.07) is 22.7. The molecule has 0 fully saturated rings. The molecule has 0 aliphatic carbocycles. The fourth-order valence-corrected chi connectivity index (χ4v) is 3.21. The van der Waals surface area contributed by atoms with E-state index in [1.165, 1.54) is 7.11 Å². The third kappa shape index (κ3) is 5.24. The summed E-state index contributed by atoms with van der Waals surface area (Å²) in [6.45, 7) is 4.00. The molecule has 1 heterocycles. The van der Waals surface area contributed by atoms with Crippen LogP contribution in [-0.2, 0) is 4.74 Å². The van der Waals surface area contributed by atoms with Crippen LogP contribution in [0.25, 0.3) is 0 Å². The van der Waals surface area contributed by atoms with Gasteiger partial charge in [-0.1, -0.05) is 48.5 Å². The van der Waals surface area contributed by atoms with Crippen LogP contribution in [0.4, 0.5) is 34.9 Å². The molecule has 4 aromatic rings. The van der Waals surface area contributed by atoms with Gasteiger partial charge in [-0.05, 0) is 49.2 Å². The number of ether oxygens (including phenoxy) is 1. The van der Waals surface area contributed by atoms with E-state index in [1.807, 2.05) is 68.4 Å². The van der Waals surface area contributed by atoms with Gasteiger partial charge in [-0.2, -0.15) is 15.0 Å². The number of para-hydroxylation sites is 3. The molecule has 8 nitrogen and oxygen atoms in total. The van der Waals surface area contributed by atoms with E-state index in [0.717, 1.165) is 22.5 Å². The quantitative estimate of drug-likeness (QED) is 0.324. The predicted molar refractivity (Wildman–Crippen MR) is 130 cm³/mol. The summed E-state index contributed by atoms with van der Waals surface area (Å²) in [5.41, 5.74) is 4.77. The lowest BCUT2D eigenvalue weighted by Crippen LogP contribution is -2.10. The lowest BCUT2D eigenvalue weighted by molar-refractivity contribution is 0.0602. The highest BCUT2D eigenvalue weighted by molar-refractivity contribution is 5.96. The molecule has 3 N–H and O–H groups in total. The van der Waals surface area contributed by atoms with Crippen LogP contribution in [0.5, 0.6) is 0 Å². The number of hydrogen-bond acceptors (Lipinski definition) is 8. The van der Waals surface area contributed by atoms with Crippen LogP contribution >= 0.6 is 0 Å². The van der Waals surface area contributed by atoms with Gasteiger partial charge >= 0.3 is 5.97 Å². The van der Waals surface area contributed by atoms with Gasteiger partial charge in [-0.25, -0.2) is 4.79 Å². The van der Waals surface area contributed by atoms with Crippen molar-refractivity contribution in [2.24, 2.45) is 0 Å². The number of benzene rings is 3. The summed E-state index contributed by atoms with van der Waals surface area (Å²) in [6.07, 6.45) is 0. The Labute approximate surface area is 192 Å². The Kier molecular flexibility index (Phi) is 6.45. The Balaban J connectivity index is 1.72. The molecule has 3 aromatic carbocycles. The largest absolute Gasteiger partial charge is 0.465 e. The predicted octanol–water partition coefficient (Wildman–Crippen LogP) is 5.51. The number of esters is 1. The molecule has 4 rings (SSSR count). The van der Waals surface area contributed by atoms with Crippen molar-refractivity contribution in [2.45, 2.75) is 13.8 Å². The minimum atomic E-state index is -0.455. The minimum Gasteiger partial charge on any atom is -0.465 e. The van der Waals surface area contributed by atoms with Crippen LogP contribution in [0.15, 0.2) is 72.8 Å². The smallest absolute Gasteiger partial charge is 0.339 e. The summed E-state index contributed by atoms with van der Waals surface area (Å²) in [5, 5.41) is 9.63. The number of rotatable bonds is 7. The van der Waals surface area contributed by atoms with Gasteiger partial charge in [0.1, 0.15) is 0 Å². The normalized spacial score (nSPS) is 10.4. The van der Waals surface area contributed by atoms with E-state index in [4.69, 9.17) is 4.74 Å². The molecule has 0 saturated heterocycles. The van der Waals surface area contributed by atoms with Crippen LogP contribution in [0.2, 0.25) is 0 Å². The number of hydrogen-bond donors (Lipinski definition) is 3. The molecule has 0 saturated carbocycles. The molecule has 0 aliphatic rings. The number of carbonyl (C=O) groups excluding carboxylic acids is 1. The van der Waals surface area contributed by atoms with Crippen molar-refractivity contribution in [1.29, 1.82) is 0 Å². The van der Waals surface area contributed by atoms with Crippen molar-refractivity contribution in [3.8, 4) is 0 Å². The summed E-state index contributed by atoms with van der Waals surface area (Å²) >= 11 is 0. The summed E-state index contributed by atoms with van der Waals surface area (Å²) in [4.78, 5) is 25.8. The lowest BCUT2D eigenvalue weighted by Gasteiger charge is -2.14. The van der Waals surface area contributed by atoms with Crippen molar-refractivity contribution >= 4 is 40.9 Å². The standard InChI is InChI=1S/C25H24N6O2/c1-16-10-4-7-13-19(16)26-23-29-24(27-20-14-8-5-11-17(20)2)31-25(30-23)28-21-15-9-6-12-18(21)22(32)33-3/h4-15H,1-3H3,(H3,26,27,28,29,30,31). The van der Waals surface area contributed by atoms with Crippen molar-refractivity contribution in [3.63, 3.8) is 0 Å². The number of nitrogens with zero attached hydrogens (tertiary/aromatic N) is 3. The molecule has 0 atom stereocenters. The number of anilines is 6. The zero-order valence-electron chi connectivity index (χ0n) is 18.6. The second-order valence-corrected chi connectivity index (χ2v) is 7.35. The van der Waals surface area contributed by atoms with Gasteiger partial charge in [0.2, 0.25) is 17.8 Å². The fraction of sp³-hybridized carbons (Fsp3) is 0.120. The van der Waals surface area contributed by atoms with Gasteiger partial charge in [0.05, 0.1) is 18.4 Å². The first-order valence-electron chi connectivity index (χ1n) is 10.4. The van der Waals surface area contributed by atoms with Crippen LogP contribution in [0.3, 0.4) is 0 Å². The Morgan fingerprint density at radius 1 is 0.636 bits per heavy atom. The SMILES string of the molecule is COC(=O)c1ccccc1Nc1nc(Nc2ccccc2C)nc(Nc2ccccc2C)n1. The molecule has 33 heavy (non-hydrogen) atoms. The maximum atomic E-state index is 12.2. The van der Waals surface area contributed by atoms with Crippen molar-refractivity contribution in [2.75, 3.05) is 23.1 Å². The Bertz CT molecular complexity index is 1230. The first-order valence-corrected chi connectivity index (χ1v) is 10.4. The number of carbonyl (C=O) groups is 1. The molecule has 0 bridgehead atoms. The average Bonchev–Trinajstić information content (AvgIpc) is 2.82. The molecule has 0 radical (unpaired) electrons. The molecular formula is C25H24N6O2. The molecular weight excluding hydrogens is 416 g/mol. The van der Waals surface area contributed by atoms with E-state index < -0.39 is 5.97 Å². The maximum Gasteiger partial charge on any atom is 0.339 e. The van der Waals surface area contributed by atoms with Gasteiger partial charge < -0.3 is 20.7 Å². The number of aryl methyl sites for hydroxylation is 2. The number of aromatic nitrogens is 3. The van der Waals surface area contributed by atoms with Crippen molar-refractivity contribution < 1.29 is 9.53 Å². The number of methoxy groups -OCH3 is 1. The molecule has 0 unspecified atom stereocenters. The van der Waals surface area contributed by atoms with Crippen molar-refractivity contribution in [1.82, 2.24) is 15.0 Å². The van der Waals surface area contributed by atoms with Crippen LogP contribution < -0.4 is 16.0 Å². The third-order valence-electron chi connectivity index (χ3n) is 5.00. The fourth-order valence-electron chi connectivity index (χ4n) is 3.21. The Morgan fingerprint density at radius 3 is 1.48 bits per heavy atom. The minimum absolute atomic E-state index is 0.272. The van der Waals surface area contributed by atoms with Gasteiger partial charge in [0, 0.05) is 11.4 Å². The van der Waals surface area contributed by atoms with Crippen LogP contribution in [0.1, 0.15) is 21.5 Å². The zero-order valence-corrected chi connectivity index (χ0v) is 18.6. The van der Waals surface area contributed by atoms with Gasteiger partial charge in [0.25, 0.3) is 0 Å². The highest BCUT2D eigenvalue weighted by atomic mass is 16.5. The topological polar surface area (TPSA) is 101 Å². The van der Waals surface area contributed by atoms with Gasteiger partial charge in [-0.15, -0.1) is 0 Å². The second-order valence-electron chi connectivity index (χ2n) is 7.35. The van der Waals surface area contributed by atoms with E-state index >= 15 is 0 Å². The first kappa shape index (κ1) is 21.8. The third-order valence-corrected chi connectivity index (χ3v) is 5.00. The first-order chi connectivity index (χ1) is 16.0. The number of nitrogens with one attached hydrogen (secondary N) is 3. The van der Waals surface area contributed by atoms with E-state index in [-0.39, 0.29) is 5.95 Å². The van der Waals surface area contributed by atoms with Crippen LogP contribution in [0, 0.1) is 13.8 Å². The molecule has 0 aliphatic heterocycles. The molecule has 0 spiro atoms. The monoisotopic (exact) mass is 440 g/mol. The highest BCUT2D eigenvalue weighted by Crippen LogP contribution is 2.25. The van der Waals surface area contributed by atoms with Crippen molar-refractivity contribution in [3.05, 3.63) is 89.5 Å². The zero-order chi connectivity index (χ0) is 23.2. The summed E-state index contributed by atoms with van der Waals surface area (Å²) in [7, 11) is 1.34. The highest BCUT2D eigenvalue weighted by Gasteiger charge is 2.14. The summed E-state index contributed by atoms with van der Waals surface area (Å²) in [5.74, 6) is 0.527. The van der Waals surface area contributed by atoms with E-state index in [2.05, 4.69) is 30.9 Å². The Morgan fingerprint density at radius 2 is 1.03 bits per heavy atom. The summed E-state index contributed by atoms with van der Waals surface area (Å²) < 4.78 is 4.89. The van der Waals surface area contributed by atoms with Crippen LogP contribution in [-0.4, -0.2) is 28.0 Å². The average molecular weight is 441 g/mol. The van der Waals surface area contributed by atoms with E-state index in [0.29, 0.717) is 23.1 Å². The maximum absolute atomic E-state index is 12.2. The Hall–Kier alpha value is -4.46. The molecule has 0 amide bonds. The van der Waals surface area contributed by atoms with E-state index in [9.17, 15) is 4.79 Å². The molecule has 8 heteroatoms. The van der Waals surface area contributed by atoms with Gasteiger partial charge in [0.15, 0.2) is 0 Å². The van der Waals surface area contributed by atoms with Gasteiger partial charge in [-0.3, -0.25) is 0 Å².